The highest BCUT2D eigenvalue weighted by Gasteiger charge is 2.16. The third kappa shape index (κ3) is 6.01. The summed E-state index contributed by atoms with van der Waals surface area (Å²) in [6.07, 6.45) is 1.65. The lowest BCUT2D eigenvalue weighted by molar-refractivity contribution is 0.0953. The zero-order valence-electron chi connectivity index (χ0n) is 15.2. The number of rotatable bonds is 10. The zero-order valence-corrected chi connectivity index (χ0v) is 16.8. The first-order chi connectivity index (χ1) is 13.3. The van der Waals surface area contributed by atoms with Crippen LogP contribution in [0.5, 0.6) is 0 Å². The molecule has 2 aromatic rings. The van der Waals surface area contributed by atoms with Crippen molar-refractivity contribution in [1.29, 1.82) is 0 Å². The minimum Gasteiger partial charge on any atom is -0.352 e. The number of sulfonamides is 1. The number of carbonyl (C=O) groups excluding carboxylic acids is 1. The number of nitrogens with one attached hydrogen (secondary N) is 2. The van der Waals surface area contributed by atoms with Crippen molar-refractivity contribution in [1.82, 2.24) is 10.0 Å². The van der Waals surface area contributed by atoms with Crippen LogP contribution in [0.15, 0.2) is 77.0 Å². The summed E-state index contributed by atoms with van der Waals surface area (Å²) in [5.74, 6) is -0.574. The molecule has 28 heavy (non-hydrogen) atoms. The van der Waals surface area contributed by atoms with Gasteiger partial charge in [-0.2, -0.15) is 0 Å². The Balaban J connectivity index is 1.93. The van der Waals surface area contributed by atoms with Gasteiger partial charge in [0.2, 0.25) is 10.0 Å². The lowest BCUT2D eigenvalue weighted by atomic mass is 10.2. The lowest BCUT2D eigenvalue weighted by Crippen LogP contribution is -2.27. The van der Waals surface area contributed by atoms with Crippen LogP contribution in [0.3, 0.4) is 0 Å². The lowest BCUT2D eigenvalue weighted by Gasteiger charge is -2.09. The van der Waals surface area contributed by atoms with E-state index in [0.29, 0.717) is 0 Å². The van der Waals surface area contributed by atoms with Crippen molar-refractivity contribution in [3.63, 3.8) is 0 Å². The summed E-state index contributed by atoms with van der Waals surface area (Å²) in [5.41, 5.74) is 0.174. The van der Waals surface area contributed by atoms with Gasteiger partial charge < -0.3 is 5.32 Å². The molecule has 2 aromatic carbocycles. The van der Waals surface area contributed by atoms with E-state index in [4.69, 9.17) is 0 Å². The number of benzene rings is 2. The Bertz CT molecular complexity index is 1030. The molecule has 7 nitrogen and oxygen atoms in total. The molecule has 150 valence electrons. The molecule has 9 heteroatoms. The van der Waals surface area contributed by atoms with Crippen molar-refractivity contribution in [2.24, 2.45) is 0 Å². The van der Waals surface area contributed by atoms with Crippen LogP contribution in [0, 0.1) is 0 Å². The zero-order chi connectivity index (χ0) is 20.6. The van der Waals surface area contributed by atoms with E-state index in [0.717, 1.165) is 0 Å². The standard InChI is InChI=1S/C19H22N2O5S2/c1-2-12-21-28(25,26)18-11-6-8-16(15-18)19(22)20-13-7-14-27(23,24)17-9-4-3-5-10-17/h2-6,8-11,15,21H,1,7,12-14H2,(H,20,22). The van der Waals surface area contributed by atoms with E-state index in [1.54, 1.807) is 18.2 Å². The van der Waals surface area contributed by atoms with E-state index in [1.165, 1.54) is 42.5 Å². The summed E-state index contributed by atoms with van der Waals surface area (Å²) < 4.78 is 50.9. The smallest absolute Gasteiger partial charge is 0.251 e. The van der Waals surface area contributed by atoms with Crippen LogP contribution < -0.4 is 10.0 Å². The van der Waals surface area contributed by atoms with Gasteiger partial charge in [-0.15, -0.1) is 6.58 Å². The highest BCUT2D eigenvalue weighted by atomic mass is 32.2. The number of amides is 1. The molecule has 0 aliphatic heterocycles. The Morgan fingerprint density at radius 2 is 1.64 bits per heavy atom. The van der Waals surface area contributed by atoms with Crippen molar-refractivity contribution in [2.75, 3.05) is 18.8 Å². The Labute approximate surface area is 165 Å². The first-order valence-corrected chi connectivity index (χ1v) is 11.7. The third-order valence-corrected chi connectivity index (χ3v) is 7.04. The monoisotopic (exact) mass is 422 g/mol. The second-order valence-electron chi connectivity index (χ2n) is 5.91. The molecule has 0 aliphatic rings. The molecule has 0 spiro atoms. The van der Waals surface area contributed by atoms with Gasteiger partial charge in [-0.25, -0.2) is 21.6 Å². The molecule has 0 fully saturated rings. The van der Waals surface area contributed by atoms with Gasteiger partial charge >= 0.3 is 0 Å². The molecular formula is C19H22N2O5S2. The summed E-state index contributed by atoms with van der Waals surface area (Å²) in [6, 6.07) is 13.7. The number of hydrogen-bond donors (Lipinski definition) is 2. The Hall–Kier alpha value is -2.49. The topological polar surface area (TPSA) is 109 Å². The number of hydrogen-bond acceptors (Lipinski definition) is 5. The fraction of sp³-hybridized carbons (Fsp3) is 0.211. The molecule has 2 N–H and O–H groups in total. The highest BCUT2D eigenvalue weighted by Crippen LogP contribution is 2.12. The van der Waals surface area contributed by atoms with Gasteiger partial charge in [0.15, 0.2) is 9.84 Å². The normalized spacial score (nSPS) is 11.7. The molecule has 0 bridgehead atoms. The molecule has 0 aliphatic carbocycles. The number of sulfone groups is 1. The van der Waals surface area contributed by atoms with E-state index in [9.17, 15) is 21.6 Å². The van der Waals surface area contributed by atoms with Crippen molar-refractivity contribution < 1.29 is 21.6 Å². The van der Waals surface area contributed by atoms with Crippen LogP contribution in [0.25, 0.3) is 0 Å². The van der Waals surface area contributed by atoms with Gasteiger partial charge in [-0.05, 0) is 36.8 Å². The maximum atomic E-state index is 12.2. The van der Waals surface area contributed by atoms with Gasteiger partial charge in [0, 0.05) is 18.7 Å². The van der Waals surface area contributed by atoms with Crippen LogP contribution >= 0.6 is 0 Å². The predicted molar refractivity (Wildman–Crippen MR) is 107 cm³/mol. The van der Waals surface area contributed by atoms with Crippen LogP contribution in [0.1, 0.15) is 16.8 Å². The summed E-state index contributed by atoms with van der Waals surface area (Å²) in [5, 5.41) is 2.61. The van der Waals surface area contributed by atoms with E-state index < -0.39 is 25.8 Å². The molecule has 0 atom stereocenters. The quantitative estimate of drug-likeness (QED) is 0.448. The van der Waals surface area contributed by atoms with E-state index in [-0.39, 0.29) is 40.6 Å². The summed E-state index contributed by atoms with van der Waals surface area (Å²) in [4.78, 5) is 12.4. The maximum absolute atomic E-state index is 12.2. The van der Waals surface area contributed by atoms with Crippen molar-refractivity contribution in [3.8, 4) is 0 Å². The second kappa shape index (κ2) is 9.63. The average Bonchev–Trinajstić information content (AvgIpc) is 2.70. The van der Waals surface area contributed by atoms with Gasteiger partial charge in [0.25, 0.3) is 5.91 Å². The van der Waals surface area contributed by atoms with Crippen molar-refractivity contribution in [3.05, 3.63) is 72.8 Å². The van der Waals surface area contributed by atoms with Crippen molar-refractivity contribution >= 4 is 25.8 Å². The fourth-order valence-electron chi connectivity index (χ4n) is 2.37. The molecule has 0 radical (unpaired) electrons. The first kappa shape index (κ1) is 21.8. The first-order valence-electron chi connectivity index (χ1n) is 8.53. The summed E-state index contributed by atoms with van der Waals surface area (Å²) in [7, 11) is -7.14. The van der Waals surface area contributed by atoms with Gasteiger partial charge in [0.05, 0.1) is 15.5 Å². The molecule has 0 heterocycles. The van der Waals surface area contributed by atoms with Gasteiger partial charge in [0.1, 0.15) is 0 Å². The number of carbonyl (C=O) groups is 1. The molecule has 0 aromatic heterocycles. The van der Waals surface area contributed by atoms with Crippen LogP contribution in [-0.2, 0) is 19.9 Å². The average molecular weight is 423 g/mol. The second-order valence-corrected chi connectivity index (χ2v) is 9.79. The van der Waals surface area contributed by atoms with E-state index in [2.05, 4.69) is 16.6 Å². The van der Waals surface area contributed by atoms with Crippen molar-refractivity contribution in [2.45, 2.75) is 16.2 Å². The Morgan fingerprint density at radius 3 is 2.32 bits per heavy atom. The van der Waals surface area contributed by atoms with E-state index in [1.807, 2.05) is 0 Å². The van der Waals surface area contributed by atoms with E-state index >= 15 is 0 Å². The van der Waals surface area contributed by atoms with Crippen LogP contribution in [0.4, 0.5) is 0 Å². The Morgan fingerprint density at radius 1 is 0.964 bits per heavy atom. The molecule has 2 rings (SSSR count). The highest BCUT2D eigenvalue weighted by molar-refractivity contribution is 7.91. The SMILES string of the molecule is C=CCNS(=O)(=O)c1cccc(C(=O)NCCCS(=O)(=O)c2ccccc2)c1. The minimum atomic E-state index is -3.73. The largest absolute Gasteiger partial charge is 0.352 e. The minimum absolute atomic E-state index is 0.0337. The van der Waals surface area contributed by atoms with Crippen LogP contribution in [-0.4, -0.2) is 41.6 Å². The Kier molecular flexibility index (Phi) is 7.50. The summed E-state index contributed by atoms with van der Waals surface area (Å²) >= 11 is 0. The molecule has 0 saturated heterocycles. The third-order valence-electron chi connectivity index (χ3n) is 3.80. The predicted octanol–water partition coefficient (Wildman–Crippen LogP) is 1.74. The van der Waals surface area contributed by atoms with Gasteiger partial charge in [-0.3, -0.25) is 4.79 Å². The maximum Gasteiger partial charge on any atom is 0.251 e. The molecule has 0 unspecified atom stereocenters. The van der Waals surface area contributed by atoms with Gasteiger partial charge in [-0.1, -0.05) is 30.3 Å². The molecule has 0 saturated carbocycles. The molecular weight excluding hydrogens is 400 g/mol. The molecule has 1 amide bonds. The fourth-order valence-corrected chi connectivity index (χ4v) is 4.74. The summed E-state index contributed by atoms with van der Waals surface area (Å²) in [6.45, 7) is 3.68. The van der Waals surface area contributed by atoms with Crippen LogP contribution in [0.2, 0.25) is 0 Å².